The van der Waals surface area contributed by atoms with Gasteiger partial charge in [-0.3, -0.25) is 0 Å². The van der Waals surface area contributed by atoms with Crippen LogP contribution in [0.1, 0.15) is 9.67 Å². The molecule has 1 aromatic carbocycles. The Morgan fingerprint density at radius 3 is 2.62 bits per heavy atom. The van der Waals surface area contributed by atoms with Crippen molar-refractivity contribution in [1.82, 2.24) is 9.97 Å². The summed E-state index contributed by atoms with van der Waals surface area (Å²) < 4.78 is 16.3. The quantitative estimate of drug-likeness (QED) is 0.392. The number of aromatic nitrogens is 2. The Labute approximate surface area is 176 Å². The summed E-state index contributed by atoms with van der Waals surface area (Å²) in [6, 6.07) is 9.03. The van der Waals surface area contributed by atoms with Crippen molar-refractivity contribution in [2.75, 3.05) is 38.2 Å². The summed E-state index contributed by atoms with van der Waals surface area (Å²) in [6.45, 7) is 0. The number of pyridine rings is 1. The van der Waals surface area contributed by atoms with E-state index >= 15 is 0 Å². The van der Waals surface area contributed by atoms with E-state index in [0.717, 1.165) is 4.34 Å². The van der Waals surface area contributed by atoms with Gasteiger partial charge in [-0.2, -0.15) is 0 Å². The topological polar surface area (TPSA) is 94.6 Å². The lowest BCUT2D eigenvalue weighted by molar-refractivity contribution is 0.0607. The van der Waals surface area contributed by atoms with Crippen molar-refractivity contribution in [2.24, 2.45) is 0 Å². The predicted octanol–water partition coefficient (Wildman–Crippen LogP) is 4.55. The normalized spacial score (nSPS) is 10.3. The monoisotopic (exact) mass is 432 g/mol. The zero-order chi connectivity index (χ0) is 20.8. The van der Waals surface area contributed by atoms with Crippen LogP contribution in [-0.2, 0) is 4.74 Å². The maximum Gasteiger partial charge on any atom is 0.351 e. The summed E-state index contributed by atoms with van der Waals surface area (Å²) >= 11 is 2.74. The Hall–Kier alpha value is -2.98. The van der Waals surface area contributed by atoms with Gasteiger partial charge in [0, 0.05) is 24.0 Å². The van der Waals surface area contributed by atoms with Crippen molar-refractivity contribution >= 4 is 52.1 Å². The van der Waals surface area contributed by atoms with Gasteiger partial charge in [0.25, 0.3) is 0 Å². The van der Waals surface area contributed by atoms with Gasteiger partial charge in [0.1, 0.15) is 17.3 Å². The first kappa shape index (κ1) is 20.7. The number of thiazole rings is 1. The van der Waals surface area contributed by atoms with Crippen LogP contribution in [0.25, 0.3) is 0 Å². The molecule has 0 aliphatic rings. The van der Waals surface area contributed by atoms with E-state index in [1.165, 1.54) is 30.2 Å². The van der Waals surface area contributed by atoms with Gasteiger partial charge in [-0.25, -0.2) is 14.8 Å². The maximum atomic E-state index is 12.0. The molecule has 2 aromatic heterocycles. The number of anilines is 4. The third-order valence-corrected chi connectivity index (χ3v) is 5.87. The van der Waals surface area contributed by atoms with E-state index in [2.05, 4.69) is 20.6 Å². The Morgan fingerprint density at radius 1 is 1.10 bits per heavy atom. The number of benzene rings is 1. The minimum atomic E-state index is -0.432. The fourth-order valence-electron chi connectivity index (χ4n) is 2.47. The standard InChI is InChI=1S/C19H20N4O4S2/c1-25-12-5-6-14(26-2)13(10-12)22-15-9-11(7-8-20-15)21-17-16(18(24)27-3)29-19(23-17)28-4/h5-10H,1-4H3,(H2,20,21,22). The number of carbonyl (C=O) groups is 1. The molecule has 0 radical (unpaired) electrons. The highest BCUT2D eigenvalue weighted by Crippen LogP contribution is 2.34. The van der Waals surface area contributed by atoms with Crippen molar-refractivity contribution in [3.8, 4) is 11.5 Å². The third-order valence-electron chi connectivity index (χ3n) is 3.85. The Morgan fingerprint density at radius 2 is 1.93 bits per heavy atom. The van der Waals surface area contributed by atoms with Crippen LogP contribution in [0.15, 0.2) is 40.9 Å². The number of rotatable bonds is 8. The molecule has 0 amide bonds. The molecule has 3 rings (SSSR count). The first-order valence-electron chi connectivity index (χ1n) is 8.43. The van der Waals surface area contributed by atoms with E-state index in [1.807, 2.05) is 24.5 Å². The van der Waals surface area contributed by atoms with Gasteiger partial charge in [-0.1, -0.05) is 23.1 Å². The van der Waals surface area contributed by atoms with Crippen LogP contribution in [0, 0.1) is 0 Å². The number of carbonyl (C=O) groups excluding carboxylic acids is 1. The molecule has 0 saturated heterocycles. The van der Waals surface area contributed by atoms with Gasteiger partial charge in [0.2, 0.25) is 0 Å². The van der Waals surface area contributed by atoms with Crippen LogP contribution in [0.2, 0.25) is 0 Å². The third kappa shape index (κ3) is 4.90. The fourth-order valence-corrected chi connectivity index (χ4v) is 3.90. The zero-order valence-electron chi connectivity index (χ0n) is 16.3. The Kier molecular flexibility index (Phi) is 6.78. The molecule has 29 heavy (non-hydrogen) atoms. The number of nitrogens with zero attached hydrogens (tertiary/aromatic N) is 2. The summed E-state index contributed by atoms with van der Waals surface area (Å²) in [6.07, 6.45) is 3.55. The van der Waals surface area contributed by atoms with Crippen LogP contribution in [0.5, 0.6) is 11.5 Å². The number of thioether (sulfide) groups is 1. The minimum absolute atomic E-state index is 0.414. The van der Waals surface area contributed by atoms with Crippen LogP contribution in [0.4, 0.5) is 23.0 Å². The molecule has 8 nitrogen and oxygen atoms in total. The van der Waals surface area contributed by atoms with Gasteiger partial charge in [0.15, 0.2) is 15.0 Å². The van der Waals surface area contributed by atoms with Gasteiger partial charge in [-0.05, 0) is 24.5 Å². The van der Waals surface area contributed by atoms with Crippen molar-refractivity contribution < 1.29 is 19.0 Å². The van der Waals surface area contributed by atoms with E-state index in [-0.39, 0.29) is 0 Å². The van der Waals surface area contributed by atoms with Crippen molar-refractivity contribution in [2.45, 2.75) is 4.34 Å². The highest BCUT2D eigenvalue weighted by atomic mass is 32.2. The van der Waals surface area contributed by atoms with Gasteiger partial charge in [-0.15, -0.1) is 0 Å². The zero-order valence-corrected chi connectivity index (χ0v) is 17.9. The van der Waals surface area contributed by atoms with Gasteiger partial charge in [0.05, 0.1) is 27.0 Å². The van der Waals surface area contributed by atoms with Gasteiger partial charge >= 0.3 is 5.97 Å². The van der Waals surface area contributed by atoms with Crippen LogP contribution < -0.4 is 20.1 Å². The molecule has 0 aliphatic carbocycles. The largest absolute Gasteiger partial charge is 0.497 e. The summed E-state index contributed by atoms with van der Waals surface area (Å²) in [7, 11) is 4.54. The second-order valence-corrected chi connectivity index (χ2v) is 7.65. The van der Waals surface area contributed by atoms with E-state index in [0.29, 0.717) is 39.4 Å². The summed E-state index contributed by atoms with van der Waals surface area (Å²) in [5, 5.41) is 6.39. The minimum Gasteiger partial charge on any atom is -0.497 e. The molecule has 0 unspecified atom stereocenters. The molecule has 0 aliphatic heterocycles. The maximum absolute atomic E-state index is 12.0. The molecule has 0 saturated carbocycles. The lowest BCUT2D eigenvalue weighted by atomic mass is 10.2. The summed E-state index contributed by atoms with van der Waals surface area (Å²) in [5.41, 5.74) is 1.43. The first-order valence-corrected chi connectivity index (χ1v) is 10.5. The first-order chi connectivity index (χ1) is 14.1. The number of methoxy groups -OCH3 is 3. The van der Waals surface area contributed by atoms with Crippen molar-refractivity contribution in [3.63, 3.8) is 0 Å². The predicted molar refractivity (Wildman–Crippen MR) is 116 cm³/mol. The van der Waals surface area contributed by atoms with E-state index in [9.17, 15) is 4.79 Å². The highest BCUT2D eigenvalue weighted by Gasteiger charge is 2.19. The highest BCUT2D eigenvalue weighted by molar-refractivity contribution is 8.00. The molecule has 0 spiro atoms. The van der Waals surface area contributed by atoms with Gasteiger partial charge < -0.3 is 24.8 Å². The molecule has 152 valence electrons. The molecule has 0 atom stereocenters. The molecule has 0 bridgehead atoms. The lowest BCUT2D eigenvalue weighted by Crippen LogP contribution is -2.03. The lowest BCUT2D eigenvalue weighted by Gasteiger charge is -2.13. The van der Waals surface area contributed by atoms with Crippen molar-refractivity contribution in [3.05, 3.63) is 41.4 Å². The number of esters is 1. The number of ether oxygens (including phenoxy) is 3. The number of nitrogens with one attached hydrogen (secondary N) is 2. The second-order valence-electron chi connectivity index (χ2n) is 5.60. The average molecular weight is 433 g/mol. The fraction of sp³-hybridized carbons (Fsp3) is 0.211. The average Bonchev–Trinajstić information content (AvgIpc) is 3.16. The smallest absolute Gasteiger partial charge is 0.351 e. The molecular weight excluding hydrogens is 412 g/mol. The van der Waals surface area contributed by atoms with Crippen LogP contribution in [-0.4, -0.2) is 43.5 Å². The molecular formula is C19H20N4O4S2. The Balaban J connectivity index is 1.86. The molecule has 3 aromatic rings. The molecule has 2 heterocycles. The van der Waals surface area contributed by atoms with Crippen LogP contribution >= 0.6 is 23.1 Å². The summed E-state index contributed by atoms with van der Waals surface area (Å²) in [5.74, 6) is 1.95. The van der Waals surface area contributed by atoms with E-state index in [1.54, 1.807) is 32.5 Å². The van der Waals surface area contributed by atoms with E-state index in [4.69, 9.17) is 14.2 Å². The SMILES string of the molecule is COC(=O)c1sc(SC)nc1Nc1ccnc(Nc2cc(OC)ccc2OC)c1. The molecule has 10 heteroatoms. The molecule has 0 fully saturated rings. The van der Waals surface area contributed by atoms with Crippen LogP contribution in [0.3, 0.4) is 0 Å². The second kappa shape index (κ2) is 9.48. The van der Waals surface area contributed by atoms with Crippen molar-refractivity contribution in [1.29, 1.82) is 0 Å². The number of hydrogen-bond donors (Lipinski definition) is 2. The molecule has 2 N–H and O–H groups in total. The summed E-state index contributed by atoms with van der Waals surface area (Å²) in [4.78, 5) is 21.2. The Bertz CT molecular complexity index is 1010. The van der Waals surface area contributed by atoms with E-state index < -0.39 is 5.97 Å². The number of hydrogen-bond acceptors (Lipinski definition) is 10.